The van der Waals surface area contributed by atoms with Crippen LogP contribution in [0.3, 0.4) is 0 Å². The highest BCUT2D eigenvalue weighted by atomic mass is 16.3. The summed E-state index contributed by atoms with van der Waals surface area (Å²) in [5.41, 5.74) is 0.294. The molecule has 62 valence electrons. The van der Waals surface area contributed by atoms with Crippen molar-refractivity contribution in [1.82, 2.24) is 0 Å². The quantitative estimate of drug-likeness (QED) is 0.549. The predicted octanol–water partition coefficient (Wildman–Crippen LogP) is 0.756. The number of aliphatic hydroxyl groups excluding tert-OH is 1. The second kappa shape index (κ2) is 3.13. The highest BCUT2D eigenvalue weighted by molar-refractivity contribution is 6.03. The maximum atomic E-state index is 11.1. The van der Waals surface area contributed by atoms with Crippen LogP contribution in [0, 0.1) is 11.3 Å². The van der Waals surface area contributed by atoms with Crippen LogP contribution in [0.4, 0.5) is 0 Å². The van der Waals surface area contributed by atoms with Gasteiger partial charge < -0.3 is 10.5 Å². The minimum Gasteiger partial charge on any atom is -0.392 e. The molecular weight excluding hydrogens is 142 g/mol. The van der Waals surface area contributed by atoms with Gasteiger partial charge in [0.15, 0.2) is 0 Å². The molecule has 1 aliphatic rings. The molecule has 11 heavy (non-hydrogen) atoms. The van der Waals surface area contributed by atoms with Crippen molar-refractivity contribution in [3.63, 3.8) is 0 Å². The normalized spacial score (nSPS) is 32.0. The average Bonchev–Trinajstić information content (AvgIpc) is 1.85. The Morgan fingerprint density at radius 3 is 2.73 bits per heavy atom. The zero-order valence-corrected chi connectivity index (χ0v) is 6.63. The van der Waals surface area contributed by atoms with E-state index in [1.54, 1.807) is 6.92 Å². The summed E-state index contributed by atoms with van der Waals surface area (Å²) in [6.07, 6.45) is 1.35. The van der Waals surface area contributed by atoms with Crippen LogP contribution >= 0.6 is 0 Å². The van der Waals surface area contributed by atoms with Crippen LogP contribution in [-0.2, 0) is 4.79 Å². The molecule has 1 saturated carbocycles. The Hall–Kier alpha value is -0.700. The maximum absolute atomic E-state index is 11.1. The third kappa shape index (κ3) is 1.66. The molecule has 0 radical (unpaired) electrons. The van der Waals surface area contributed by atoms with E-state index in [1.807, 2.05) is 0 Å². The molecule has 0 spiro atoms. The first-order valence-electron chi connectivity index (χ1n) is 3.88. The van der Waals surface area contributed by atoms with Crippen molar-refractivity contribution in [3.05, 3.63) is 0 Å². The lowest BCUT2D eigenvalue weighted by Gasteiger charge is -2.25. The van der Waals surface area contributed by atoms with Crippen LogP contribution in [0.2, 0.25) is 0 Å². The molecule has 3 nitrogen and oxygen atoms in total. The molecule has 0 aromatic heterocycles. The van der Waals surface area contributed by atoms with Crippen molar-refractivity contribution in [2.75, 3.05) is 0 Å². The zero-order valence-electron chi connectivity index (χ0n) is 6.63. The van der Waals surface area contributed by atoms with Gasteiger partial charge in [-0.05, 0) is 19.8 Å². The first-order chi connectivity index (χ1) is 5.13. The number of nitrogens with one attached hydrogen (secondary N) is 1. The van der Waals surface area contributed by atoms with Crippen molar-refractivity contribution in [1.29, 1.82) is 5.41 Å². The zero-order chi connectivity index (χ0) is 8.43. The second-order valence-electron chi connectivity index (χ2n) is 3.09. The van der Waals surface area contributed by atoms with E-state index in [-0.39, 0.29) is 5.78 Å². The summed E-state index contributed by atoms with van der Waals surface area (Å²) < 4.78 is 0. The first kappa shape index (κ1) is 8.40. The van der Waals surface area contributed by atoms with E-state index in [4.69, 9.17) is 5.41 Å². The van der Waals surface area contributed by atoms with Gasteiger partial charge in [-0.2, -0.15) is 0 Å². The van der Waals surface area contributed by atoms with Gasteiger partial charge in [0.2, 0.25) is 0 Å². The van der Waals surface area contributed by atoms with Crippen LogP contribution in [0.5, 0.6) is 0 Å². The molecule has 0 saturated heterocycles. The molecule has 1 rings (SSSR count). The molecule has 1 fully saturated rings. The summed E-state index contributed by atoms with van der Waals surface area (Å²) >= 11 is 0. The number of rotatable bonds is 1. The number of carbonyl (C=O) groups excluding carboxylic acids is 1. The van der Waals surface area contributed by atoms with E-state index < -0.39 is 12.0 Å². The third-order valence-corrected chi connectivity index (χ3v) is 2.12. The van der Waals surface area contributed by atoms with Crippen LogP contribution in [0.1, 0.15) is 26.2 Å². The van der Waals surface area contributed by atoms with Gasteiger partial charge in [-0.25, -0.2) is 0 Å². The summed E-state index contributed by atoms with van der Waals surface area (Å²) in [6.45, 7) is 1.58. The molecule has 0 aromatic carbocycles. The lowest BCUT2D eigenvalue weighted by Crippen LogP contribution is -2.36. The van der Waals surface area contributed by atoms with Crippen molar-refractivity contribution in [3.8, 4) is 0 Å². The van der Waals surface area contributed by atoms with Gasteiger partial charge in [0, 0.05) is 12.1 Å². The Morgan fingerprint density at radius 2 is 2.36 bits per heavy atom. The number of Topliss-reactive ketones (excluding diaryl/α,β-unsaturated/α-hetero) is 1. The molecule has 0 unspecified atom stereocenters. The Balaban J connectivity index is 2.70. The Morgan fingerprint density at radius 1 is 1.73 bits per heavy atom. The molecule has 3 heteroatoms. The van der Waals surface area contributed by atoms with Crippen molar-refractivity contribution in [2.24, 2.45) is 5.92 Å². The summed E-state index contributed by atoms with van der Waals surface area (Å²) in [7, 11) is 0. The van der Waals surface area contributed by atoms with E-state index in [0.29, 0.717) is 18.6 Å². The fourth-order valence-corrected chi connectivity index (χ4v) is 1.55. The van der Waals surface area contributed by atoms with Crippen molar-refractivity contribution in [2.45, 2.75) is 32.3 Å². The van der Waals surface area contributed by atoms with Gasteiger partial charge >= 0.3 is 0 Å². The number of ketones is 1. The Kier molecular flexibility index (Phi) is 2.39. The summed E-state index contributed by atoms with van der Waals surface area (Å²) in [5.74, 6) is -0.486. The van der Waals surface area contributed by atoms with Crippen LogP contribution in [-0.4, -0.2) is 22.7 Å². The molecule has 0 bridgehead atoms. The molecule has 0 heterocycles. The minimum atomic E-state index is -0.603. The predicted molar refractivity (Wildman–Crippen MR) is 41.8 cm³/mol. The molecule has 0 aliphatic heterocycles. The fraction of sp³-hybridized carbons (Fsp3) is 0.750. The van der Waals surface area contributed by atoms with Crippen LogP contribution in [0.25, 0.3) is 0 Å². The monoisotopic (exact) mass is 155 g/mol. The van der Waals surface area contributed by atoms with Gasteiger partial charge in [0.25, 0.3) is 0 Å². The SMILES string of the molecule is CC(=N)[C@H]1C(=O)CCC[C@H]1O. The molecule has 0 aromatic rings. The highest BCUT2D eigenvalue weighted by Gasteiger charge is 2.31. The van der Waals surface area contributed by atoms with E-state index in [1.165, 1.54) is 0 Å². The Labute approximate surface area is 65.9 Å². The number of carbonyl (C=O) groups is 1. The van der Waals surface area contributed by atoms with Crippen LogP contribution in [0.15, 0.2) is 0 Å². The lowest BCUT2D eigenvalue weighted by molar-refractivity contribution is -0.126. The minimum absolute atomic E-state index is 0.0243. The van der Waals surface area contributed by atoms with Gasteiger partial charge in [-0.3, -0.25) is 4.79 Å². The largest absolute Gasteiger partial charge is 0.392 e. The topological polar surface area (TPSA) is 61.2 Å². The van der Waals surface area contributed by atoms with Gasteiger partial charge in [-0.15, -0.1) is 0 Å². The van der Waals surface area contributed by atoms with Gasteiger partial charge in [0.1, 0.15) is 5.78 Å². The van der Waals surface area contributed by atoms with E-state index in [9.17, 15) is 9.90 Å². The molecule has 2 atom stereocenters. The molecular formula is C8H13NO2. The first-order valence-corrected chi connectivity index (χ1v) is 3.88. The molecule has 2 N–H and O–H groups in total. The van der Waals surface area contributed by atoms with Crippen molar-refractivity contribution < 1.29 is 9.90 Å². The van der Waals surface area contributed by atoms with Gasteiger partial charge in [-0.1, -0.05) is 0 Å². The maximum Gasteiger partial charge on any atom is 0.144 e. The standard InChI is InChI=1S/C8H13NO2/c1-5(9)8-6(10)3-2-4-7(8)11/h6,8-10H,2-4H2,1H3/t6-,8-/m1/s1. The summed E-state index contributed by atoms with van der Waals surface area (Å²) in [4.78, 5) is 11.1. The van der Waals surface area contributed by atoms with Crippen molar-refractivity contribution >= 4 is 11.5 Å². The van der Waals surface area contributed by atoms with Crippen LogP contribution < -0.4 is 0 Å². The Bertz CT molecular complexity index is 189. The smallest absolute Gasteiger partial charge is 0.144 e. The summed E-state index contributed by atoms with van der Waals surface area (Å²) in [5, 5.41) is 16.6. The summed E-state index contributed by atoms with van der Waals surface area (Å²) in [6, 6.07) is 0. The van der Waals surface area contributed by atoms with E-state index >= 15 is 0 Å². The number of aliphatic hydroxyl groups is 1. The molecule has 0 amide bonds. The van der Waals surface area contributed by atoms with Gasteiger partial charge in [0.05, 0.1) is 12.0 Å². The average molecular weight is 155 g/mol. The highest BCUT2D eigenvalue weighted by Crippen LogP contribution is 2.21. The fourth-order valence-electron chi connectivity index (χ4n) is 1.55. The van der Waals surface area contributed by atoms with E-state index in [0.717, 1.165) is 6.42 Å². The lowest BCUT2D eigenvalue weighted by atomic mass is 9.83. The van der Waals surface area contributed by atoms with E-state index in [2.05, 4.69) is 0 Å². The number of hydrogen-bond acceptors (Lipinski definition) is 3. The third-order valence-electron chi connectivity index (χ3n) is 2.12. The number of hydrogen-bond donors (Lipinski definition) is 2. The second-order valence-corrected chi connectivity index (χ2v) is 3.09. The molecule has 1 aliphatic carbocycles.